The summed E-state index contributed by atoms with van der Waals surface area (Å²) in [5.74, 6) is 5.59. The maximum Gasteiger partial charge on any atom is 0.243 e. The Bertz CT molecular complexity index is 548. The molecule has 0 bridgehead atoms. The van der Waals surface area contributed by atoms with Crippen molar-refractivity contribution in [2.75, 3.05) is 32.1 Å². The van der Waals surface area contributed by atoms with Crippen molar-refractivity contribution in [1.82, 2.24) is 14.2 Å². The van der Waals surface area contributed by atoms with Gasteiger partial charge in [0.15, 0.2) is 0 Å². The highest BCUT2D eigenvalue weighted by Gasteiger charge is 2.30. The van der Waals surface area contributed by atoms with Crippen LogP contribution in [0.3, 0.4) is 0 Å². The molecular weight excluding hydrogens is 266 g/mol. The van der Waals surface area contributed by atoms with Crippen LogP contribution in [-0.4, -0.2) is 55.3 Å². The van der Waals surface area contributed by atoms with E-state index in [1.165, 1.54) is 22.6 Å². The summed E-state index contributed by atoms with van der Waals surface area (Å²) in [7, 11) is -1.48. The van der Waals surface area contributed by atoms with E-state index in [9.17, 15) is 8.42 Å². The summed E-state index contributed by atoms with van der Waals surface area (Å²) in [6.45, 7) is 3.73. The Morgan fingerprint density at radius 3 is 2.84 bits per heavy atom. The molecule has 0 spiro atoms. The van der Waals surface area contributed by atoms with Crippen LogP contribution in [0.15, 0.2) is 23.2 Å². The molecular formula is C11H19N5O2S. The smallest absolute Gasteiger partial charge is 0.243 e. The van der Waals surface area contributed by atoms with Crippen molar-refractivity contribution in [3.05, 3.63) is 18.3 Å². The van der Waals surface area contributed by atoms with E-state index in [0.29, 0.717) is 18.9 Å². The van der Waals surface area contributed by atoms with E-state index in [2.05, 4.69) is 15.3 Å². The quantitative estimate of drug-likeness (QED) is 0.585. The number of nitrogens with one attached hydrogen (secondary N) is 1. The van der Waals surface area contributed by atoms with Gasteiger partial charge in [0.05, 0.1) is 4.90 Å². The number of nitrogens with zero attached hydrogens (tertiary/aromatic N) is 3. The monoisotopic (exact) mass is 285 g/mol. The van der Waals surface area contributed by atoms with Gasteiger partial charge in [-0.15, -0.1) is 0 Å². The predicted octanol–water partition coefficient (Wildman–Crippen LogP) is -0.308. The zero-order valence-electron chi connectivity index (χ0n) is 11.1. The maximum atomic E-state index is 12.5. The number of pyridine rings is 1. The minimum absolute atomic E-state index is 0.206. The minimum Gasteiger partial charge on any atom is -0.308 e. The largest absolute Gasteiger partial charge is 0.308 e. The summed E-state index contributed by atoms with van der Waals surface area (Å²) in [5.41, 5.74) is 2.36. The highest BCUT2D eigenvalue weighted by atomic mass is 32.2. The van der Waals surface area contributed by atoms with Gasteiger partial charge in [0.25, 0.3) is 0 Å². The van der Waals surface area contributed by atoms with E-state index in [0.717, 1.165) is 6.54 Å². The van der Waals surface area contributed by atoms with Gasteiger partial charge in [-0.2, -0.15) is 4.31 Å². The summed E-state index contributed by atoms with van der Waals surface area (Å²) in [6.07, 6.45) is 1.43. The molecule has 8 heteroatoms. The third kappa shape index (κ3) is 2.86. The Morgan fingerprint density at radius 2 is 2.21 bits per heavy atom. The summed E-state index contributed by atoms with van der Waals surface area (Å²) in [5, 5.41) is 0. The normalized spacial score (nSPS) is 22.4. The molecule has 0 amide bonds. The molecule has 0 aliphatic carbocycles. The van der Waals surface area contributed by atoms with Crippen LogP contribution in [0.5, 0.6) is 0 Å². The van der Waals surface area contributed by atoms with Gasteiger partial charge in [-0.25, -0.2) is 19.2 Å². The standard InChI is InChI=1S/C11H19N5O2S/c1-9-8-16(6-5-15(9)2)19(17,18)10-3-4-13-11(7-10)14-12/h3-4,7,9H,5-6,8,12H2,1-2H3,(H,13,14). The number of nitrogens with two attached hydrogens (primary N) is 1. The fourth-order valence-electron chi connectivity index (χ4n) is 2.03. The average Bonchev–Trinajstić information content (AvgIpc) is 2.41. The Balaban J connectivity index is 2.27. The number of piperazine rings is 1. The summed E-state index contributed by atoms with van der Waals surface area (Å²) in [4.78, 5) is 6.28. The summed E-state index contributed by atoms with van der Waals surface area (Å²) >= 11 is 0. The lowest BCUT2D eigenvalue weighted by atomic mass is 10.2. The maximum absolute atomic E-state index is 12.5. The van der Waals surface area contributed by atoms with E-state index >= 15 is 0 Å². The molecule has 1 aliphatic heterocycles. The molecule has 1 aliphatic rings. The van der Waals surface area contributed by atoms with Gasteiger partial charge in [0.2, 0.25) is 10.0 Å². The van der Waals surface area contributed by atoms with Crippen LogP contribution in [0.4, 0.5) is 5.82 Å². The van der Waals surface area contributed by atoms with Crippen LogP contribution in [0.2, 0.25) is 0 Å². The third-order valence-corrected chi connectivity index (χ3v) is 5.30. The summed E-state index contributed by atoms with van der Waals surface area (Å²) < 4.78 is 26.5. The van der Waals surface area contributed by atoms with Crippen molar-refractivity contribution in [2.24, 2.45) is 5.84 Å². The first-order valence-corrected chi connectivity index (χ1v) is 7.52. The van der Waals surface area contributed by atoms with E-state index in [4.69, 9.17) is 5.84 Å². The first kappa shape index (κ1) is 14.2. The van der Waals surface area contributed by atoms with Crippen LogP contribution in [0.1, 0.15) is 6.92 Å². The SMILES string of the molecule is CC1CN(S(=O)(=O)c2ccnc(NN)c2)CCN1C. The zero-order chi connectivity index (χ0) is 14.0. The van der Waals surface area contributed by atoms with Crippen LogP contribution < -0.4 is 11.3 Å². The molecule has 1 fully saturated rings. The van der Waals surface area contributed by atoms with Gasteiger partial charge < -0.3 is 10.3 Å². The number of hydrogen-bond acceptors (Lipinski definition) is 6. The van der Waals surface area contributed by atoms with E-state index in [1.807, 2.05) is 14.0 Å². The van der Waals surface area contributed by atoms with Crippen molar-refractivity contribution in [3.63, 3.8) is 0 Å². The topological polar surface area (TPSA) is 91.6 Å². The lowest BCUT2D eigenvalue weighted by Gasteiger charge is -2.36. The van der Waals surface area contributed by atoms with Crippen LogP contribution >= 0.6 is 0 Å². The number of aromatic nitrogens is 1. The zero-order valence-corrected chi connectivity index (χ0v) is 11.9. The van der Waals surface area contributed by atoms with Crippen LogP contribution in [0.25, 0.3) is 0 Å². The molecule has 0 saturated carbocycles. The van der Waals surface area contributed by atoms with Crippen molar-refractivity contribution in [1.29, 1.82) is 0 Å². The fourth-order valence-corrected chi connectivity index (χ4v) is 3.56. The molecule has 2 heterocycles. The Morgan fingerprint density at radius 1 is 1.47 bits per heavy atom. The molecule has 3 N–H and O–H groups in total. The highest BCUT2D eigenvalue weighted by Crippen LogP contribution is 2.20. The number of sulfonamides is 1. The molecule has 7 nitrogen and oxygen atoms in total. The minimum atomic E-state index is -3.48. The number of hydrogen-bond donors (Lipinski definition) is 2. The molecule has 2 rings (SSSR count). The second-order valence-electron chi connectivity index (χ2n) is 4.71. The molecule has 1 unspecified atom stereocenters. The predicted molar refractivity (Wildman–Crippen MR) is 72.9 cm³/mol. The van der Waals surface area contributed by atoms with Gasteiger partial charge in [-0.3, -0.25) is 0 Å². The van der Waals surface area contributed by atoms with Gasteiger partial charge in [0, 0.05) is 37.9 Å². The molecule has 1 aromatic rings. The third-order valence-electron chi connectivity index (χ3n) is 3.44. The highest BCUT2D eigenvalue weighted by molar-refractivity contribution is 7.89. The van der Waals surface area contributed by atoms with Crippen molar-refractivity contribution in [3.8, 4) is 0 Å². The molecule has 1 atom stereocenters. The Kier molecular flexibility index (Phi) is 4.04. The van der Waals surface area contributed by atoms with E-state index < -0.39 is 10.0 Å². The lowest BCUT2D eigenvalue weighted by Crippen LogP contribution is -2.51. The second kappa shape index (κ2) is 5.41. The molecule has 0 aromatic carbocycles. The second-order valence-corrected chi connectivity index (χ2v) is 6.65. The number of anilines is 1. The number of nitrogen functional groups attached to an aromatic ring is 1. The molecule has 19 heavy (non-hydrogen) atoms. The number of rotatable bonds is 3. The van der Waals surface area contributed by atoms with Gasteiger partial charge in [0.1, 0.15) is 5.82 Å². The van der Waals surface area contributed by atoms with Crippen LogP contribution in [0, 0.1) is 0 Å². The fraction of sp³-hybridized carbons (Fsp3) is 0.545. The Hall–Kier alpha value is -1.22. The number of hydrazine groups is 1. The van der Waals surface area contributed by atoms with Crippen molar-refractivity contribution in [2.45, 2.75) is 17.9 Å². The molecule has 0 radical (unpaired) electrons. The first-order chi connectivity index (χ1) is 8.95. The number of likely N-dealkylation sites (N-methyl/N-ethyl adjacent to an activating group) is 1. The molecule has 1 saturated heterocycles. The first-order valence-electron chi connectivity index (χ1n) is 6.08. The van der Waals surface area contributed by atoms with Crippen LogP contribution in [-0.2, 0) is 10.0 Å². The Labute approximate surface area is 113 Å². The van der Waals surface area contributed by atoms with Crippen molar-refractivity contribution >= 4 is 15.8 Å². The lowest BCUT2D eigenvalue weighted by molar-refractivity contribution is 0.159. The molecule has 106 valence electrons. The van der Waals surface area contributed by atoms with Gasteiger partial charge in [-0.05, 0) is 20.0 Å². The van der Waals surface area contributed by atoms with Gasteiger partial charge in [-0.1, -0.05) is 0 Å². The van der Waals surface area contributed by atoms with Crippen molar-refractivity contribution < 1.29 is 8.42 Å². The van der Waals surface area contributed by atoms with Gasteiger partial charge >= 0.3 is 0 Å². The average molecular weight is 285 g/mol. The van der Waals surface area contributed by atoms with E-state index in [1.54, 1.807) is 0 Å². The van der Waals surface area contributed by atoms with E-state index in [-0.39, 0.29) is 10.9 Å². The summed E-state index contributed by atoms with van der Waals surface area (Å²) in [6, 6.07) is 3.13. The molecule has 1 aromatic heterocycles.